The molecule has 4 nitrogen and oxygen atoms in total. The van der Waals surface area contributed by atoms with E-state index < -0.39 is 7.12 Å². The average Bonchev–Trinajstić information content (AvgIpc) is 2.24. The van der Waals surface area contributed by atoms with Crippen molar-refractivity contribution in [3.05, 3.63) is 45.2 Å². The molecule has 4 N–H and O–H groups in total. The summed E-state index contributed by atoms with van der Waals surface area (Å²) in [6, 6.07) is 9.20. The molecule has 0 saturated heterocycles. The third-order valence-electron chi connectivity index (χ3n) is 1.32. The van der Waals surface area contributed by atoms with Crippen molar-refractivity contribution < 1.29 is 42.2 Å². The molecule has 0 saturated carbocycles. The fourth-order valence-corrected chi connectivity index (χ4v) is 0.799. The summed E-state index contributed by atoms with van der Waals surface area (Å²) in [5.41, 5.74) is 0.789. The van der Waals surface area contributed by atoms with Crippen LogP contribution in [0.2, 0.25) is 0 Å². The van der Waals surface area contributed by atoms with Crippen LogP contribution in [0.25, 0.3) is 0 Å². The molecule has 0 fully saturated rings. The van der Waals surface area contributed by atoms with Crippen LogP contribution in [0, 0.1) is 14.9 Å². The van der Waals surface area contributed by atoms with E-state index in [-0.39, 0.29) is 47.6 Å². The van der Waals surface area contributed by atoms with Crippen LogP contribution < -0.4 is 17.3 Å². The van der Waals surface area contributed by atoms with Crippen LogP contribution in [-0.4, -0.2) is 7.12 Å². The minimum atomic E-state index is -0.684. The first-order valence-electron chi connectivity index (χ1n) is 4.14. The smallest absolute Gasteiger partial charge is 0.358 e. The van der Waals surface area contributed by atoms with E-state index in [4.69, 9.17) is 11.8 Å². The second-order valence-corrected chi connectivity index (χ2v) is 2.01. The molecule has 0 amide bonds. The van der Waals surface area contributed by atoms with Crippen molar-refractivity contribution in [3.8, 4) is 0 Å². The van der Waals surface area contributed by atoms with E-state index in [2.05, 4.69) is 9.51 Å². The van der Waals surface area contributed by atoms with E-state index in [0.29, 0.717) is 0 Å². The van der Waals surface area contributed by atoms with Gasteiger partial charge in [0.05, 0.1) is 0 Å². The largest absolute Gasteiger partial charge is 0.527 e. The van der Waals surface area contributed by atoms with Crippen LogP contribution >= 0.6 is 0 Å². The van der Waals surface area contributed by atoms with Crippen LogP contribution in [0.1, 0.15) is 13.8 Å². The standard InChI is InChI=1S/C6H9BN2O2.C2H6.2CH3.Y/c8-10-7(11-9)6-4-2-1-3-5-6;1-2;;;/h1-5H,8-9H2;1-2H3;2*1H3;/q;;2*-1;. The molecule has 16 heavy (non-hydrogen) atoms. The minimum Gasteiger partial charge on any atom is -0.358 e. The third kappa shape index (κ3) is 9.45. The summed E-state index contributed by atoms with van der Waals surface area (Å²) in [5.74, 6) is 9.82. The molecule has 0 bridgehead atoms. The van der Waals surface area contributed by atoms with E-state index in [1.165, 1.54) is 0 Å². The summed E-state index contributed by atoms with van der Waals surface area (Å²) in [4.78, 5) is 0. The van der Waals surface area contributed by atoms with Crippen molar-refractivity contribution in [1.29, 1.82) is 0 Å². The fraction of sp³-hybridized carbons (Fsp3) is 0.200. The van der Waals surface area contributed by atoms with E-state index in [0.717, 1.165) is 5.46 Å². The minimum absolute atomic E-state index is 0. The summed E-state index contributed by atoms with van der Waals surface area (Å²) >= 11 is 0. The third-order valence-corrected chi connectivity index (χ3v) is 1.32. The van der Waals surface area contributed by atoms with Crippen molar-refractivity contribution >= 4 is 12.6 Å². The number of benzene rings is 1. The predicted octanol–water partition coefficient (Wildman–Crippen LogP) is 1.09. The molecule has 0 heterocycles. The molecule has 1 aromatic rings. The second-order valence-electron chi connectivity index (χ2n) is 2.01. The van der Waals surface area contributed by atoms with Gasteiger partial charge < -0.3 is 24.4 Å². The van der Waals surface area contributed by atoms with Crippen LogP contribution in [-0.2, 0) is 42.2 Å². The Labute approximate surface area is 125 Å². The Bertz CT molecular complexity index is 211. The maximum Gasteiger partial charge on any atom is 0.527 e. The maximum atomic E-state index is 4.91. The summed E-state index contributed by atoms with van der Waals surface area (Å²) in [5, 5.41) is 0. The molecule has 6 heteroatoms. The van der Waals surface area contributed by atoms with Crippen molar-refractivity contribution in [2.24, 2.45) is 11.8 Å². The van der Waals surface area contributed by atoms with Gasteiger partial charge in [-0.15, -0.1) is 0 Å². The zero-order valence-corrected chi connectivity index (χ0v) is 13.4. The first-order chi connectivity index (χ1) is 6.38. The molecule has 1 radical (unpaired) electrons. The quantitative estimate of drug-likeness (QED) is 0.498. The molecule has 1 rings (SSSR count). The summed E-state index contributed by atoms with van der Waals surface area (Å²) in [6.45, 7) is 4.00. The van der Waals surface area contributed by atoms with Gasteiger partial charge in [-0.25, -0.2) is 11.8 Å². The van der Waals surface area contributed by atoms with E-state index in [1.807, 2.05) is 44.2 Å². The van der Waals surface area contributed by atoms with Gasteiger partial charge in [0.15, 0.2) is 0 Å². The average molecular weight is 301 g/mol. The van der Waals surface area contributed by atoms with E-state index in [9.17, 15) is 0 Å². The van der Waals surface area contributed by atoms with Gasteiger partial charge in [0, 0.05) is 32.7 Å². The van der Waals surface area contributed by atoms with Gasteiger partial charge in [-0.05, 0) is 5.46 Å². The number of nitrogens with two attached hydrogens (primary N) is 2. The molecule has 0 aromatic heterocycles. The zero-order valence-electron chi connectivity index (χ0n) is 10.5. The first-order valence-corrected chi connectivity index (χ1v) is 4.14. The molecule has 1 aromatic carbocycles. The van der Waals surface area contributed by atoms with Crippen LogP contribution in [0.4, 0.5) is 0 Å². The van der Waals surface area contributed by atoms with Crippen LogP contribution in [0.3, 0.4) is 0 Å². The fourth-order valence-electron chi connectivity index (χ4n) is 0.799. The molecule has 91 valence electrons. The van der Waals surface area contributed by atoms with E-state index in [1.54, 1.807) is 0 Å². The van der Waals surface area contributed by atoms with Gasteiger partial charge in [-0.1, -0.05) is 44.2 Å². The monoisotopic (exact) mass is 301 g/mol. The van der Waals surface area contributed by atoms with Crippen LogP contribution in [0.5, 0.6) is 0 Å². The van der Waals surface area contributed by atoms with Crippen LogP contribution in [0.15, 0.2) is 30.3 Å². The zero-order chi connectivity index (χ0) is 10.1. The number of rotatable bonds is 3. The predicted molar refractivity (Wildman–Crippen MR) is 66.6 cm³/mol. The Kier molecular flexibility index (Phi) is 27.7. The number of hydrogen-bond donors (Lipinski definition) is 2. The number of hydrogen-bond acceptors (Lipinski definition) is 4. The second kappa shape index (κ2) is 17.6. The molecular weight excluding hydrogens is 280 g/mol. The van der Waals surface area contributed by atoms with Gasteiger partial charge in [-0.2, -0.15) is 0 Å². The summed E-state index contributed by atoms with van der Waals surface area (Å²) < 4.78 is 8.88. The molecule has 0 aliphatic heterocycles. The maximum absolute atomic E-state index is 4.91. The summed E-state index contributed by atoms with van der Waals surface area (Å²) in [6.07, 6.45) is 0. The molecular formula is C10H21BN2O2Y-2. The van der Waals surface area contributed by atoms with Gasteiger partial charge >= 0.3 is 7.12 Å². The Morgan fingerprint density at radius 1 is 0.938 bits per heavy atom. The summed E-state index contributed by atoms with van der Waals surface area (Å²) in [7, 11) is -0.684. The Balaban J connectivity index is -0.000000136. The van der Waals surface area contributed by atoms with E-state index >= 15 is 0 Å². The van der Waals surface area contributed by atoms with Gasteiger partial charge in [0.1, 0.15) is 0 Å². The SMILES string of the molecule is CC.NOB(ON)c1ccccc1.[CH3-].[CH3-].[Y]. The Morgan fingerprint density at radius 3 is 1.62 bits per heavy atom. The molecule has 0 atom stereocenters. The Morgan fingerprint density at radius 2 is 1.31 bits per heavy atom. The topological polar surface area (TPSA) is 70.5 Å². The van der Waals surface area contributed by atoms with Crippen molar-refractivity contribution in [3.63, 3.8) is 0 Å². The van der Waals surface area contributed by atoms with Crippen molar-refractivity contribution in [1.82, 2.24) is 0 Å². The van der Waals surface area contributed by atoms with Crippen molar-refractivity contribution in [2.45, 2.75) is 13.8 Å². The molecule has 0 spiro atoms. The Hall–Kier alpha value is 0.229. The van der Waals surface area contributed by atoms with Gasteiger partial charge in [-0.3, -0.25) is 0 Å². The molecule has 0 aliphatic carbocycles. The van der Waals surface area contributed by atoms with Gasteiger partial charge in [0.2, 0.25) is 0 Å². The normalized spacial score (nSPS) is 7.00. The van der Waals surface area contributed by atoms with Crippen molar-refractivity contribution in [2.75, 3.05) is 0 Å². The molecule has 0 aliphatic rings. The molecule has 0 unspecified atom stereocenters. The first kappa shape index (κ1) is 25.2. The van der Waals surface area contributed by atoms with Gasteiger partial charge in [0.25, 0.3) is 0 Å².